The number of carboxylic acid groups (broad SMARTS) is 1. The summed E-state index contributed by atoms with van der Waals surface area (Å²) in [5.74, 6) is -1.39. The number of carboxylic acids is 1. The number of carbonyl (C=O) groups is 2. The maximum atomic E-state index is 12.3. The molecular formula is C14H20N2O3S. The Hall–Kier alpha value is -1.43. The summed E-state index contributed by atoms with van der Waals surface area (Å²) in [6.07, 6.45) is 3.12. The van der Waals surface area contributed by atoms with Crippen LogP contribution in [0.3, 0.4) is 0 Å². The number of rotatable bonds is 7. The number of aliphatic carboxylic acids is 1. The zero-order valence-electron chi connectivity index (χ0n) is 11.8. The van der Waals surface area contributed by atoms with Crippen molar-refractivity contribution < 1.29 is 14.7 Å². The van der Waals surface area contributed by atoms with Gasteiger partial charge in [-0.15, -0.1) is 11.3 Å². The van der Waals surface area contributed by atoms with Crippen LogP contribution in [0.2, 0.25) is 0 Å². The standard InChI is InChI=1S/C14H20N2O3S/c1-3-12-15-10(8-20-12)6-13(17)16(11-4-5-11)7-9(2)14(18)19/h8-9,11H,3-7H2,1-2H3,(H,18,19). The molecule has 0 bridgehead atoms. The van der Waals surface area contributed by atoms with E-state index in [1.54, 1.807) is 23.2 Å². The van der Waals surface area contributed by atoms with Crippen LogP contribution < -0.4 is 0 Å². The molecule has 2 rings (SSSR count). The molecule has 1 N–H and O–H groups in total. The first-order chi connectivity index (χ1) is 9.51. The molecule has 1 aliphatic rings. The maximum absolute atomic E-state index is 12.3. The molecule has 1 aliphatic carbocycles. The van der Waals surface area contributed by atoms with Crippen LogP contribution in [0.4, 0.5) is 0 Å². The summed E-state index contributed by atoms with van der Waals surface area (Å²) in [6.45, 7) is 3.97. The minimum atomic E-state index is -0.856. The number of amides is 1. The molecule has 1 heterocycles. The zero-order chi connectivity index (χ0) is 14.7. The zero-order valence-corrected chi connectivity index (χ0v) is 12.7. The van der Waals surface area contributed by atoms with Crippen molar-refractivity contribution in [3.05, 3.63) is 16.1 Å². The topological polar surface area (TPSA) is 70.5 Å². The van der Waals surface area contributed by atoms with Crippen LogP contribution in [0.1, 0.15) is 37.4 Å². The number of hydrogen-bond acceptors (Lipinski definition) is 4. The highest BCUT2D eigenvalue weighted by atomic mass is 32.1. The minimum Gasteiger partial charge on any atom is -0.481 e. The first-order valence-electron chi connectivity index (χ1n) is 6.96. The number of nitrogens with zero attached hydrogens (tertiary/aromatic N) is 2. The fraction of sp³-hybridized carbons (Fsp3) is 0.643. The fourth-order valence-electron chi connectivity index (χ4n) is 2.06. The van der Waals surface area contributed by atoms with Gasteiger partial charge in [0.05, 0.1) is 23.0 Å². The van der Waals surface area contributed by atoms with Gasteiger partial charge in [0.2, 0.25) is 5.91 Å². The summed E-state index contributed by atoms with van der Waals surface area (Å²) in [5, 5.41) is 11.9. The van der Waals surface area contributed by atoms with E-state index < -0.39 is 11.9 Å². The molecule has 1 unspecified atom stereocenters. The van der Waals surface area contributed by atoms with E-state index in [2.05, 4.69) is 4.98 Å². The summed E-state index contributed by atoms with van der Waals surface area (Å²) >= 11 is 1.57. The van der Waals surface area contributed by atoms with Crippen molar-refractivity contribution in [2.24, 2.45) is 5.92 Å². The summed E-state index contributed by atoms with van der Waals surface area (Å²) < 4.78 is 0. The monoisotopic (exact) mass is 296 g/mol. The van der Waals surface area contributed by atoms with E-state index in [4.69, 9.17) is 5.11 Å². The van der Waals surface area contributed by atoms with Gasteiger partial charge in [-0.25, -0.2) is 4.98 Å². The Morgan fingerprint density at radius 3 is 2.75 bits per heavy atom. The Bertz CT molecular complexity index is 496. The third-order valence-corrected chi connectivity index (χ3v) is 4.48. The van der Waals surface area contributed by atoms with Gasteiger partial charge in [-0.2, -0.15) is 0 Å². The Morgan fingerprint density at radius 1 is 1.55 bits per heavy atom. The van der Waals surface area contributed by atoms with E-state index in [1.165, 1.54) is 0 Å². The number of hydrogen-bond donors (Lipinski definition) is 1. The molecule has 110 valence electrons. The molecule has 0 saturated heterocycles. The lowest BCUT2D eigenvalue weighted by atomic mass is 10.1. The third kappa shape index (κ3) is 3.79. The average molecular weight is 296 g/mol. The molecule has 0 aliphatic heterocycles. The van der Waals surface area contributed by atoms with Crippen LogP contribution in [0.25, 0.3) is 0 Å². The maximum Gasteiger partial charge on any atom is 0.308 e. The molecule has 1 amide bonds. The Kier molecular flexibility index (Phi) is 4.75. The Balaban J connectivity index is 1.98. The van der Waals surface area contributed by atoms with Crippen molar-refractivity contribution in [2.75, 3.05) is 6.54 Å². The number of aryl methyl sites for hydroxylation is 1. The smallest absolute Gasteiger partial charge is 0.308 e. The highest BCUT2D eigenvalue weighted by molar-refractivity contribution is 7.09. The summed E-state index contributed by atoms with van der Waals surface area (Å²) in [4.78, 5) is 29.4. The van der Waals surface area contributed by atoms with Crippen LogP contribution in [0.5, 0.6) is 0 Å². The molecule has 0 aromatic carbocycles. The lowest BCUT2D eigenvalue weighted by Gasteiger charge is -2.24. The van der Waals surface area contributed by atoms with Crippen LogP contribution in [-0.2, 0) is 22.4 Å². The van der Waals surface area contributed by atoms with Crippen LogP contribution in [0.15, 0.2) is 5.38 Å². The van der Waals surface area contributed by atoms with E-state index in [-0.39, 0.29) is 18.4 Å². The molecule has 0 radical (unpaired) electrons. The SMILES string of the molecule is CCc1nc(CC(=O)N(CC(C)C(=O)O)C2CC2)cs1. The Morgan fingerprint density at radius 2 is 2.25 bits per heavy atom. The minimum absolute atomic E-state index is 0.00597. The second-order valence-corrected chi connectivity index (χ2v) is 6.22. The molecule has 6 heteroatoms. The van der Waals surface area contributed by atoms with Crippen molar-refractivity contribution >= 4 is 23.2 Å². The lowest BCUT2D eigenvalue weighted by molar-refractivity contribution is -0.143. The second kappa shape index (κ2) is 6.35. The van der Waals surface area contributed by atoms with Crippen LogP contribution in [0, 0.1) is 5.92 Å². The van der Waals surface area contributed by atoms with E-state index in [0.717, 1.165) is 30.0 Å². The summed E-state index contributed by atoms with van der Waals surface area (Å²) in [7, 11) is 0. The number of aromatic nitrogens is 1. The van der Waals surface area contributed by atoms with E-state index in [9.17, 15) is 9.59 Å². The largest absolute Gasteiger partial charge is 0.481 e. The molecule has 1 atom stereocenters. The molecule has 0 spiro atoms. The van der Waals surface area contributed by atoms with Gasteiger partial charge < -0.3 is 10.0 Å². The predicted molar refractivity (Wildman–Crippen MR) is 76.7 cm³/mol. The van der Waals surface area contributed by atoms with E-state index >= 15 is 0 Å². The lowest BCUT2D eigenvalue weighted by Crippen LogP contribution is -2.39. The van der Waals surface area contributed by atoms with Crippen LogP contribution in [-0.4, -0.2) is 39.5 Å². The molecular weight excluding hydrogens is 276 g/mol. The van der Waals surface area contributed by atoms with Crippen molar-refractivity contribution in [2.45, 2.75) is 45.6 Å². The predicted octanol–water partition coefficient (Wildman–Crippen LogP) is 1.96. The molecule has 1 aromatic heterocycles. The van der Waals surface area contributed by atoms with Crippen LogP contribution >= 0.6 is 11.3 Å². The number of carbonyl (C=O) groups excluding carboxylic acids is 1. The quantitative estimate of drug-likeness (QED) is 0.835. The van der Waals surface area contributed by atoms with Crippen molar-refractivity contribution in [3.63, 3.8) is 0 Å². The second-order valence-electron chi connectivity index (χ2n) is 5.28. The normalized spacial score (nSPS) is 15.9. The van der Waals surface area contributed by atoms with Gasteiger partial charge in [0.25, 0.3) is 0 Å². The fourth-order valence-corrected chi connectivity index (χ4v) is 2.81. The highest BCUT2D eigenvalue weighted by Gasteiger charge is 2.34. The van der Waals surface area contributed by atoms with Gasteiger partial charge in [-0.1, -0.05) is 13.8 Å². The molecule has 1 aromatic rings. The van der Waals surface area contributed by atoms with Gasteiger partial charge in [0.1, 0.15) is 0 Å². The average Bonchev–Trinajstić information content (AvgIpc) is 3.15. The van der Waals surface area contributed by atoms with Gasteiger partial charge in [-0.05, 0) is 19.3 Å². The third-order valence-electron chi connectivity index (χ3n) is 3.43. The summed E-state index contributed by atoms with van der Waals surface area (Å²) in [6, 6.07) is 0.230. The molecule has 20 heavy (non-hydrogen) atoms. The van der Waals surface area contributed by atoms with Crippen molar-refractivity contribution in [1.82, 2.24) is 9.88 Å². The molecule has 1 fully saturated rings. The first kappa shape index (κ1) is 15.0. The van der Waals surface area contributed by atoms with E-state index in [1.807, 2.05) is 12.3 Å². The van der Waals surface area contributed by atoms with Gasteiger partial charge in [0.15, 0.2) is 0 Å². The van der Waals surface area contributed by atoms with Gasteiger partial charge in [0, 0.05) is 18.0 Å². The van der Waals surface area contributed by atoms with Crippen molar-refractivity contribution in [3.8, 4) is 0 Å². The molecule has 1 saturated carbocycles. The summed E-state index contributed by atoms with van der Waals surface area (Å²) in [5.41, 5.74) is 0.797. The Labute approximate surface area is 122 Å². The molecule has 5 nitrogen and oxygen atoms in total. The van der Waals surface area contributed by atoms with Gasteiger partial charge in [-0.3, -0.25) is 9.59 Å². The van der Waals surface area contributed by atoms with Crippen molar-refractivity contribution in [1.29, 1.82) is 0 Å². The first-order valence-corrected chi connectivity index (χ1v) is 7.84. The van der Waals surface area contributed by atoms with Gasteiger partial charge >= 0.3 is 5.97 Å². The highest BCUT2D eigenvalue weighted by Crippen LogP contribution is 2.28. The van der Waals surface area contributed by atoms with E-state index in [0.29, 0.717) is 6.54 Å². The number of thiazole rings is 1.